The molecule has 150 valence electrons. The molecular formula is C22H26Cl2N2O2. The van der Waals surface area contributed by atoms with Gasteiger partial charge in [-0.25, -0.2) is 0 Å². The van der Waals surface area contributed by atoms with Crippen molar-refractivity contribution in [1.82, 2.24) is 10.2 Å². The summed E-state index contributed by atoms with van der Waals surface area (Å²) in [5, 5.41) is 4.98. The predicted octanol–water partition coefficient (Wildman–Crippen LogP) is 4.76. The van der Waals surface area contributed by atoms with Crippen molar-refractivity contribution in [3.05, 3.63) is 57.6 Å². The molecule has 2 bridgehead atoms. The standard InChI is InChI=1S/C22H26Cl2N2O2/c1-27-21-4-2-3-16(12-25-20-13-26-9-7-15(20)8-10-26)22(21)28-14-17-5-6-18(23)11-19(17)24/h2-6,11,15,20,25H,7-10,12-14H2,1H3. The van der Waals surface area contributed by atoms with Gasteiger partial charge >= 0.3 is 0 Å². The number of benzene rings is 2. The number of halogens is 2. The minimum Gasteiger partial charge on any atom is -0.493 e. The lowest BCUT2D eigenvalue weighted by Crippen LogP contribution is -2.55. The maximum atomic E-state index is 6.30. The monoisotopic (exact) mass is 420 g/mol. The van der Waals surface area contributed by atoms with Crippen LogP contribution in [0.3, 0.4) is 0 Å². The minimum atomic E-state index is 0.364. The predicted molar refractivity (Wildman–Crippen MR) is 114 cm³/mol. The Hall–Kier alpha value is -1.46. The van der Waals surface area contributed by atoms with E-state index in [9.17, 15) is 0 Å². The first kappa shape index (κ1) is 19.8. The van der Waals surface area contributed by atoms with Crippen LogP contribution < -0.4 is 14.8 Å². The van der Waals surface area contributed by atoms with E-state index in [-0.39, 0.29) is 0 Å². The Morgan fingerprint density at radius 3 is 2.61 bits per heavy atom. The van der Waals surface area contributed by atoms with E-state index in [0.29, 0.717) is 22.7 Å². The van der Waals surface area contributed by atoms with Gasteiger partial charge in [-0.3, -0.25) is 0 Å². The van der Waals surface area contributed by atoms with Crippen LogP contribution in [-0.4, -0.2) is 37.7 Å². The quantitative estimate of drug-likeness (QED) is 0.699. The molecule has 0 spiro atoms. The van der Waals surface area contributed by atoms with E-state index in [1.54, 1.807) is 13.2 Å². The first-order valence-electron chi connectivity index (χ1n) is 9.82. The molecule has 3 fully saturated rings. The van der Waals surface area contributed by atoms with Crippen molar-refractivity contribution in [2.24, 2.45) is 5.92 Å². The fourth-order valence-electron chi connectivity index (χ4n) is 4.25. The first-order valence-corrected chi connectivity index (χ1v) is 10.6. The first-order chi connectivity index (χ1) is 13.6. The van der Waals surface area contributed by atoms with Crippen LogP contribution in [0.2, 0.25) is 10.0 Å². The number of nitrogens with one attached hydrogen (secondary N) is 1. The summed E-state index contributed by atoms with van der Waals surface area (Å²) >= 11 is 12.3. The largest absolute Gasteiger partial charge is 0.493 e. The maximum absolute atomic E-state index is 6.30. The van der Waals surface area contributed by atoms with Crippen LogP contribution in [0.25, 0.3) is 0 Å². The summed E-state index contributed by atoms with van der Waals surface area (Å²) in [5.41, 5.74) is 1.99. The average Bonchev–Trinajstić information content (AvgIpc) is 2.72. The molecule has 3 saturated heterocycles. The second-order valence-electron chi connectivity index (χ2n) is 7.60. The molecule has 0 radical (unpaired) electrons. The second kappa shape index (κ2) is 8.91. The van der Waals surface area contributed by atoms with Gasteiger partial charge in [-0.05, 0) is 50.0 Å². The molecule has 3 heterocycles. The molecule has 2 aromatic rings. The van der Waals surface area contributed by atoms with E-state index >= 15 is 0 Å². The van der Waals surface area contributed by atoms with Crippen molar-refractivity contribution in [1.29, 1.82) is 0 Å². The Morgan fingerprint density at radius 1 is 1.11 bits per heavy atom. The van der Waals surface area contributed by atoms with Gasteiger partial charge in [0.15, 0.2) is 11.5 Å². The summed E-state index contributed by atoms with van der Waals surface area (Å²) in [7, 11) is 1.67. The summed E-state index contributed by atoms with van der Waals surface area (Å²) in [6, 6.07) is 12.0. The van der Waals surface area contributed by atoms with Crippen LogP contribution in [0, 0.1) is 5.92 Å². The number of ether oxygens (including phenoxy) is 2. The van der Waals surface area contributed by atoms with Gasteiger partial charge in [0.2, 0.25) is 0 Å². The Kier molecular flexibility index (Phi) is 6.32. The third kappa shape index (κ3) is 4.41. The van der Waals surface area contributed by atoms with Gasteiger partial charge in [-0.2, -0.15) is 0 Å². The molecule has 5 rings (SSSR count). The van der Waals surface area contributed by atoms with Crippen molar-refractivity contribution >= 4 is 23.2 Å². The molecule has 1 N–H and O–H groups in total. The highest BCUT2D eigenvalue weighted by Gasteiger charge is 2.33. The van der Waals surface area contributed by atoms with E-state index in [0.717, 1.165) is 41.6 Å². The Bertz CT molecular complexity index is 822. The van der Waals surface area contributed by atoms with Crippen LogP contribution in [0.15, 0.2) is 36.4 Å². The van der Waals surface area contributed by atoms with Crippen molar-refractivity contribution in [2.75, 3.05) is 26.7 Å². The highest BCUT2D eigenvalue weighted by atomic mass is 35.5. The van der Waals surface area contributed by atoms with E-state index in [2.05, 4.69) is 16.3 Å². The number of hydrogen-bond donors (Lipinski definition) is 1. The van der Waals surface area contributed by atoms with E-state index in [1.165, 1.54) is 25.9 Å². The smallest absolute Gasteiger partial charge is 0.166 e. The number of hydrogen-bond acceptors (Lipinski definition) is 4. The van der Waals surface area contributed by atoms with Gasteiger partial charge in [-0.1, -0.05) is 41.4 Å². The molecule has 28 heavy (non-hydrogen) atoms. The molecule has 1 atom stereocenters. The van der Waals surface area contributed by atoms with Gasteiger partial charge in [-0.15, -0.1) is 0 Å². The van der Waals surface area contributed by atoms with Crippen molar-refractivity contribution in [3.8, 4) is 11.5 Å². The zero-order chi connectivity index (χ0) is 19.5. The second-order valence-corrected chi connectivity index (χ2v) is 8.44. The fourth-order valence-corrected chi connectivity index (χ4v) is 4.71. The van der Waals surface area contributed by atoms with E-state index in [1.807, 2.05) is 24.3 Å². The lowest BCUT2D eigenvalue weighted by molar-refractivity contribution is 0.0718. The molecule has 0 saturated carbocycles. The Balaban J connectivity index is 1.46. The summed E-state index contributed by atoms with van der Waals surface area (Å²) in [6.45, 7) is 4.76. The van der Waals surface area contributed by atoms with Crippen LogP contribution in [0.4, 0.5) is 0 Å². The van der Waals surface area contributed by atoms with Crippen LogP contribution in [0.1, 0.15) is 24.0 Å². The molecule has 1 unspecified atom stereocenters. The highest BCUT2D eigenvalue weighted by Crippen LogP contribution is 2.34. The van der Waals surface area contributed by atoms with E-state index < -0.39 is 0 Å². The number of fused-ring (bicyclic) bond motifs is 3. The van der Waals surface area contributed by atoms with Gasteiger partial charge < -0.3 is 19.7 Å². The summed E-state index contributed by atoms with van der Waals surface area (Å²) in [4.78, 5) is 2.56. The number of methoxy groups -OCH3 is 1. The van der Waals surface area contributed by atoms with Gasteiger partial charge in [0.05, 0.1) is 7.11 Å². The van der Waals surface area contributed by atoms with Gasteiger partial charge in [0.25, 0.3) is 0 Å². The van der Waals surface area contributed by atoms with E-state index in [4.69, 9.17) is 32.7 Å². The third-order valence-corrected chi connectivity index (χ3v) is 6.47. The summed E-state index contributed by atoms with van der Waals surface area (Å²) < 4.78 is 11.7. The number of piperidine rings is 3. The third-order valence-electron chi connectivity index (χ3n) is 5.88. The average molecular weight is 421 g/mol. The van der Waals surface area contributed by atoms with Gasteiger partial charge in [0, 0.05) is 40.3 Å². The van der Waals surface area contributed by atoms with Crippen molar-refractivity contribution in [2.45, 2.75) is 32.0 Å². The van der Waals surface area contributed by atoms with Crippen LogP contribution >= 0.6 is 23.2 Å². The zero-order valence-electron chi connectivity index (χ0n) is 16.1. The lowest BCUT2D eigenvalue weighted by atomic mass is 9.84. The minimum absolute atomic E-state index is 0.364. The molecule has 3 aliphatic heterocycles. The van der Waals surface area contributed by atoms with Crippen LogP contribution in [-0.2, 0) is 13.2 Å². The number of rotatable bonds is 7. The fraction of sp³-hybridized carbons (Fsp3) is 0.455. The van der Waals surface area contributed by atoms with Crippen LogP contribution in [0.5, 0.6) is 11.5 Å². The highest BCUT2D eigenvalue weighted by molar-refractivity contribution is 6.35. The molecule has 6 heteroatoms. The molecule has 2 aromatic carbocycles. The molecule has 4 nitrogen and oxygen atoms in total. The molecule has 0 aromatic heterocycles. The maximum Gasteiger partial charge on any atom is 0.166 e. The lowest BCUT2D eigenvalue weighted by Gasteiger charge is -2.45. The summed E-state index contributed by atoms with van der Waals surface area (Å²) in [6.07, 6.45) is 2.60. The topological polar surface area (TPSA) is 33.7 Å². The Labute approximate surface area is 176 Å². The molecule has 3 aliphatic rings. The molecule has 0 amide bonds. The van der Waals surface area contributed by atoms with Crippen molar-refractivity contribution in [3.63, 3.8) is 0 Å². The molecule has 0 aliphatic carbocycles. The van der Waals surface area contributed by atoms with Crippen molar-refractivity contribution < 1.29 is 9.47 Å². The number of nitrogens with zero attached hydrogens (tertiary/aromatic N) is 1. The Morgan fingerprint density at radius 2 is 1.93 bits per heavy atom. The normalized spacial score (nSPS) is 23.6. The SMILES string of the molecule is COc1cccc(CNC2CN3CCC2CC3)c1OCc1ccc(Cl)cc1Cl. The zero-order valence-corrected chi connectivity index (χ0v) is 17.6. The molecular weight excluding hydrogens is 395 g/mol. The van der Waals surface area contributed by atoms with Gasteiger partial charge in [0.1, 0.15) is 6.61 Å². The summed E-state index contributed by atoms with van der Waals surface area (Å²) in [5.74, 6) is 2.29. The number of para-hydroxylation sites is 1.